The monoisotopic (exact) mass is 247 g/mol. The van der Waals surface area contributed by atoms with Crippen LogP contribution in [0.25, 0.3) is 0 Å². The van der Waals surface area contributed by atoms with Crippen molar-refractivity contribution < 1.29 is 4.74 Å². The molecule has 1 aromatic heterocycles. The van der Waals surface area contributed by atoms with Crippen LogP contribution in [0.1, 0.15) is 44.3 Å². The lowest BCUT2D eigenvalue weighted by atomic mass is 9.98. The molecular formula is C11H18ClNOS. The zero-order valence-corrected chi connectivity index (χ0v) is 11.1. The van der Waals surface area contributed by atoms with E-state index in [4.69, 9.17) is 16.3 Å². The Morgan fingerprint density at radius 2 is 2.07 bits per heavy atom. The summed E-state index contributed by atoms with van der Waals surface area (Å²) in [4.78, 5) is 4.52. The molecule has 0 saturated carbocycles. The van der Waals surface area contributed by atoms with Gasteiger partial charge in [-0.2, -0.15) is 0 Å². The van der Waals surface area contributed by atoms with E-state index in [-0.39, 0.29) is 5.60 Å². The van der Waals surface area contributed by atoms with E-state index in [0.29, 0.717) is 5.88 Å². The molecule has 0 saturated heterocycles. The number of rotatable bonds is 6. The van der Waals surface area contributed by atoms with Crippen molar-refractivity contribution in [2.75, 3.05) is 6.61 Å². The molecule has 0 radical (unpaired) electrons. The summed E-state index contributed by atoms with van der Waals surface area (Å²) in [5.41, 5.74) is 0.742. The number of halogens is 1. The SMILES string of the molecule is CCOC(CC)(CC)c1nc(CCl)cs1. The molecule has 0 N–H and O–H groups in total. The largest absolute Gasteiger partial charge is 0.368 e. The molecule has 0 amide bonds. The predicted molar refractivity (Wildman–Crippen MR) is 65.6 cm³/mol. The molecule has 0 fully saturated rings. The Kier molecular flexibility index (Phi) is 5.03. The molecular weight excluding hydrogens is 230 g/mol. The Balaban J connectivity index is 2.96. The molecule has 15 heavy (non-hydrogen) atoms. The van der Waals surface area contributed by atoms with Crippen LogP contribution in [-0.2, 0) is 16.2 Å². The van der Waals surface area contributed by atoms with Gasteiger partial charge >= 0.3 is 0 Å². The summed E-state index contributed by atoms with van der Waals surface area (Å²) in [5.74, 6) is 0.478. The van der Waals surface area contributed by atoms with Crippen LogP contribution in [0.5, 0.6) is 0 Å². The van der Waals surface area contributed by atoms with Crippen LogP contribution in [-0.4, -0.2) is 11.6 Å². The maximum absolute atomic E-state index is 5.88. The molecule has 4 heteroatoms. The van der Waals surface area contributed by atoms with Crippen molar-refractivity contribution in [3.05, 3.63) is 16.1 Å². The van der Waals surface area contributed by atoms with Gasteiger partial charge in [-0.25, -0.2) is 4.98 Å². The van der Waals surface area contributed by atoms with Crippen LogP contribution in [0, 0.1) is 0 Å². The van der Waals surface area contributed by atoms with Crippen molar-refractivity contribution in [3.63, 3.8) is 0 Å². The summed E-state index contributed by atoms with van der Waals surface area (Å²) in [6.45, 7) is 7.02. The third-order valence-electron chi connectivity index (χ3n) is 2.64. The van der Waals surface area contributed by atoms with Gasteiger partial charge in [0.25, 0.3) is 0 Å². The summed E-state index contributed by atoms with van der Waals surface area (Å²) in [5, 5.41) is 3.08. The molecule has 1 heterocycles. The number of thiazole rings is 1. The van der Waals surface area contributed by atoms with E-state index in [2.05, 4.69) is 18.8 Å². The molecule has 0 spiro atoms. The first-order chi connectivity index (χ1) is 7.22. The van der Waals surface area contributed by atoms with Gasteiger partial charge in [0.15, 0.2) is 0 Å². The molecule has 1 aromatic rings. The molecule has 0 aromatic carbocycles. The third-order valence-corrected chi connectivity index (χ3v) is 3.99. The summed E-state index contributed by atoms with van der Waals surface area (Å²) >= 11 is 7.41. The Hall–Kier alpha value is -0.120. The highest BCUT2D eigenvalue weighted by atomic mass is 35.5. The fourth-order valence-electron chi connectivity index (χ4n) is 1.67. The van der Waals surface area contributed by atoms with Crippen LogP contribution >= 0.6 is 22.9 Å². The zero-order valence-electron chi connectivity index (χ0n) is 9.55. The topological polar surface area (TPSA) is 22.1 Å². The van der Waals surface area contributed by atoms with Crippen molar-refractivity contribution in [1.29, 1.82) is 0 Å². The maximum atomic E-state index is 5.88. The second-order valence-electron chi connectivity index (χ2n) is 3.41. The van der Waals surface area contributed by atoms with E-state index in [1.165, 1.54) is 0 Å². The molecule has 86 valence electrons. The minimum atomic E-state index is -0.205. The number of hydrogen-bond donors (Lipinski definition) is 0. The van der Waals surface area contributed by atoms with Crippen molar-refractivity contribution in [3.8, 4) is 0 Å². The van der Waals surface area contributed by atoms with E-state index in [0.717, 1.165) is 30.2 Å². The van der Waals surface area contributed by atoms with Crippen molar-refractivity contribution in [1.82, 2.24) is 4.98 Å². The maximum Gasteiger partial charge on any atom is 0.125 e. The normalized spacial score (nSPS) is 12.0. The average molecular weight is 248 g/mol. The lowest BCUT2D eigenvalue weighted by Gasteiger charge is -2.29. The molecule has 0 unspecified atom stereocenters. The van der Waals surface area contributed by atoms with Gasteiger partial charge in [0.2, 0.25) is 0 Å². The van der Waals surface area contributed by atoms with Gasteiger partial charge in [-0.1, -0.05) is 13.8 Å². The standard InChI is InChI=1S/C11H18ClNOS/c1-4-11(5-2,14-6-3)10-13-9(7-12)8-15-10/h8H,4-7H2,1-3H3. The first-order valence-corrected chi connectivity index (χ1v) is 6.78. The van der Waals surface area contributed by atoms with E-state index < -0.39 is 0 Å². The lowest BCUT2D eigenvalue weighted by Crippen LogP contribution is -2.28. The van der Waals surface area contributed by atoms with Crippen molar-refractivity contribution in [2.45, 2.75) is 45.1 Å². The number of alkyl halides is 1. The number of ether oxygens (including phenoxy) is 1. The van der Waals surface area contributed by atoms with Gasteiger partial charge in [-0.15, -0.1) is 22.9 Å². The molecule has 0 atom stereocenters. The smallest absolute Gasteiger partial charge is 0.125 e. The zero-order chi connectivity index (χ0) is 11.3. The van der Waals surface area contributed by atoms with E-state index in [9.17, 15) is 0 Å². The highest BCUT2D eigenvalue weighted by molar-refractivity contribution is 7.09. The average Bonchev–Trinajstić information content (AvgIpc) is 2.75. The summed E-state index contributed by atoms with van der Waals surface area (Å²) in [6.07, 6.45) is 1.90. The van der Waals surface area contributed by atoms with Gasteiger partial charge in [0, 0.05) is 12.0 Å². The minimum Gasteiger partial charge on any atom is -0.368 e. The van der Waals surface area contributed by atoms with Crippen molar-refractivity contribution >= 4 is 22.9 Å². The fourth-order valence-corrected chi connectivity index (χ4v) is 3.02. The Bertz CT molecular complexity index is 297. The second-order valence-corrected chi connectivity index (χ2v) is 4.54. The summed E-state index contributed by atoms with van der Waals surface area (Å²) in [7, 11) is 0. The summed E-state index contributed by atoms with van der Waals surface area (Å²) < 4.78 is 5.88. The van der Waals surface area contributed by atoms with E-state index in [1.807, 2.05) is 12.3 Å². The molecule has 1 rings (SSSR count). The Morgan fingerprint density at radius 1 is 1.40 bits per heavy atom. The van der Waals surface area contributed by atoms with E-state index >= 15 is 0 Å². The highest BCUT2D eigenvalue weighted by Crippen LogP contribution is 2.35. The molecule has 0 aliphatic heterocycles. The Morgan fingerprint density at radius 3 is 2.47 bits per heavy atom. The fraction of sp³-hybridized carbons (Fsp3) is 0.727. The quantitative estimate of drug-likeness (QED) is 0.711. The molecule has 2 nitrogen and oxygen atoms in total. The number of aromatic nitrogens is 1. The third kappa shape index (κ3) is 2.71. The Labute approximate surface area is 101 Å². The van der Waals surface area contributed by atoms with Gasteiger partial charge in [-0.05, 0) is 19.8 Å². The number of nitrogens with zero attached hydrogens (tertiary/aromatic N) is 1. The molecule has 0 aliphatic rings. The van der Waals surface area contributed by atoms with Gasteiger partial charge < -0.3 is 4.74 Å². The van der Waals surface area contributed by atoms with Crippen LogP contribution in [0.4, 0.5) is 0 Å². The summed E-state index contributed by atoms with van der Waals surface area (Å²) in [6, 6.07) is 0. The van der Waals surface area contributed by atoms with Crippen LogP contribution in [0.15, 0.2) is 5.38 Å². The van der Waals surface area contributed by atoms with Crippen molar-refractivity contribution in [2.24, 2.45) is 0 Å². The van der Waals surface area contributed by atoms with Crippen LogP contribution in [0.3, 0.4) is 0 Å². The lowest BCUT2D eigenvalue weighted by molar-refractivity contribution is -0.0507. The first kappa shape index (κ1) is 12.9. The van der Waals surface area contributed by atoms with E-state index in [1.54, 1.807) is 11.3 Å². The van der Waals surface area contributed by atoms with Gasteiger partial charge in [0.1, 0.15) is 10.6 Å². The van der Waals surface area contributed by atoms with Gasteiger partial charge in [-0.3, -0.25) is 0 Å². The highest BCUT2D eigenvalue weighted by Gasteiger charge is 2.32. The van der Waals surface area contributed by atoms with Crippen LogP contribution in [0.2, 0.25) is 0 Å². The van der Waals surface area contributed by atoms with Gasteiger partial charge in [0.05, 0.1) is 11.6 Å². The second kappa shape index (κ2) is 5.83. The first-order valence-electron chi connectivity index (χ1n) is 5.37. The molecule has 0 aliphatic carbocycles. The minimum absolute atomic E-state index is 0.205. The molecule has 0 bridgehead atoms. The number of hydrogen-bond acceptors (Lipinski definition) is 3. The van der Waals surface area contributed by atoms with Crippen LogP contribution < -0.4 is 0 Å². The predicted octanol–water partition coefficient (Wildman–Crippen LogP) is 3.93.